The first-order valence-electron chi connectivity index (χ1n) is 7.39. The van der Waals surface area contributed by atoms with Gasteiger partial charge < -0.3 is 9.57 Å². The molecule has 0 unspecified atom stereocenters. The van der Waals surface area contributed by atoms with Crippen molar-refractivity contribution in [3.05, 3.63) is 62.7 Å². The van der Waals surface area contributed by atoms with Crippen LogP contribution in [0.4, 0.5) is 0 Å². The van der Waals surface area contributed by atoms with Gasteiger partial charge in [-0.25, -0.2) is 4.79 Å². The molecule has 2 aromatic rings. The van der Waals surface area contributed by atoms with Crippen LogP contribution in [0.15, 0.2) is 47.6 Å². The summed E-state index contributed by atoms with van der Waals surface area (Å²) < 4.78 is 6.11. The largest absolute Gasteiger partial charge is 0.497 e. The van der Waals surface area contributed by atoms with Crippen molar-refractivity contribution in [2.75, 3.05) is 7.11 Å². The van der Waals surface area contributed by atoms with Crippen molar-refractivity contribution in [2.24, 2.45) is 5.16 Å². The van der Waals surface area contributed by atoms with E-state index in [1.165, 1.54) is 5.56 Å². The van der Waals surface area contributed by atoms with Crippen molar-refractivity contribution >= 4 is 34.3 Å². The predicted molar refractivity (Wildman–Crippen MR) is 97.0 cm³/mol. The highest BCUT2D eigenvalue weighted by molar-refractivity contribution is 14.1. The Hall–Kier alpha value is -1.89. The first kappa shape index (κ1) is 16.0. The number of hydrogen-bond acceptors (Lipinski definition) is 4. The first-order valence-corrected chi connectivity index (χ1v) is 8.47. The molecule has 1 aliphatic rings. The third-order valence-electron chi connectivity index (χ3n) is 3.82. The number of oxime groups is 1. The molecular weight excluding hydrogens is 405 g/mol. The summed E-state index contributed by atoms with van der Waals surface area (Å²) in [5.74, 6) is 0.406. The molecule has 23 heavy (non-hydrogen) atoms. The van der Waals surface area contributed by atoms with Crippen molar-refractivity contribution in [3.63, 3.8) is 0 Å². The van der Waals surface area contributed by atoms with Crippen molar-refractivity contribution in [1.29, 1.82) is 0 Å². The highest BCUT2D eigenvalue weighted by Crippen LogP contribution is 2.26. The lowest BCUT2D eigenvalue weighted by atomic mass is 9.90. The Labute approximate surface area is 148 Å². The van der Waals surface area contributed by atoms with Crippen molar-refractivity contribution in [2.45, 2.75) is 19.3 Å². The molecule has 0 bridgehead atoms. The maximum atomic E-state index is 12.2. The molecule has 0 radical (unpaired) electrons. The fourth-order valence-corrected chi connectivity index (χ4v) is 3.24. The SMILES string of the molecule is COc1ccc2c(c1)CCCC2=NOC(=O)c1ccccc1I. The summed E-state index contributed by atoms with van der Waals surface area (Å²) in [6.07, 6.45) is 2.77. The maximum absolute atomic E-state index is 12.2. The minimum absolute atomic E-state index is 0.428. The van der Waals surface area contributed by atoms with E-state index in [2.05, 4.69) is 27.7 Å². The Balaban J connectivity index is 1.82. The summed E-state index contributed by atoms with van der Waals surface area (Å²) in [5.41, 5.74) is 3.56. The van der Waals surface area contributed by atoms with Crippen LogP contribution in [0.1, 0.15) is 34.3 Å². The zero-order valence-electron chi connectivity index (χ0n) is 12.7. The number of aryl methyl sites for hydroxylation is 1. The minimum atomic E-state index is -0.428. The van der Waals surface area contributed by atoms with Gasteiger partial charge in [-0.3, -0.25) is 0 Å². The van der Waals surface area contributed by atoms with E-state index in [4.69, 9.17) is 9.57 Å². The van der Waals surface area contributed by atoms with Crippen LogP contribution < -0.4 is 4.74 Å². The van der Waals surface area contributed by atoms with E-state index in [0.717, 1.165) is 39.9 Å². The third-order valence-corrected chi connectivity index (χ3v) is 4.76. The van der Waals surface area contributed by atoms with Crippen LogP contribution >= 0.6 is 22.6 Å². The molecule has 0 N–H and O–H groups in total. The second-order valence-electron chi connectivity index (χ2n) is 5.27. The number of fused-ring (bicyclic) bond motifs is 1. The van der Waals surface area contributed by atoms with E-state index in [1.54, 1.807) is 13.2 Å². The van der Waals surface area contributed by atoms with E-state index < -0.39 is 5.97 Å². The number of carbonyl (C=O) groups is 1. The summed E-state index contributed by atoms with van der Waals surface area (Å²) >= 11 is 2.11. The summed E-state index contributed by atoms with van der Waals surface area (Å²) in [7, 11) is 1.66. The standard InChI is InChI=1S/C18H16INO3/c1-22-13-9-10-14-12(11-13)5-4-8-17(14)20-23-18(21)15-6-2-3-7-16(15)19/h2-3,6-7,9-11H,4-5,8H2,1H3. The summed E-state index contributed by atoms with van der Waals surface area (Å²) in [6.45, 7) is 0. The van der Waals surface area contributed by atoms with Crippen molar-refractivity contribution in [1.82, 2.24) is 0 Å². The Bertz CT molecular complexity index is 771. The van der Waals surface area contributed by atoms with Gasteiger partial charge in [0.2, 0.25) is 0 Å². The van der Waals surface area contributed by atoms with Gasteiger partial charge in [-0.15, -0.1) is 0 Å². The van der Waals surface area contributed by atoms with Gasteiger partial charge in [0, 0.05) is 9.13 Å². The smallest absolute Gasteiger partial charge is 0.366 e. The number of halogens is 1. The monoisotopic (exact) mass is 421 g/mol. The van der Waals surface area contributed by atoms with Crippen molar-refractivity contribution < 1.29 is 14.4 Å². The van der Waals surface area contributed by atoms with Crippen LogP contribution in [0, 0.1) is 3.57 Å². The molecular formula is C18H16INO3. The number of nitrogens with zero attached hydrogens (tertiary/aromatic N) is 1. The number of methoxy groups -OCH3 is 1. The van der Waals surface area contributed by atoms with Crippen LogP contribution in [0.2, 0.25) is 0 Å². The molecule has 0 saturated carbocycles. The lowest BCUT2D eigenvalue weighted by Crippen LogP contribution is -2.14. The van der Waals surface area contributed by atoms with Crippen LogP contribution in [-0.4, -0.2) is 18.8 Å². The lowest BCUT2D eigenvalue weighted by molar-refractivity contribution is 0.0514. The highest BCUT2D eigenvalue weighted by atomic mass is 127. The topological polar surface area (TPSA) is 47.9 Å². The van der Waals surface area contributed by atoms with Crippen LogP contribution in [0.3, 0.4) is 0 Å². The van der Waals surface area contributed by atoms with Gasteiger partial charge in [0.25, 0.3) is 0 Å². The van der Waals surface area contributed by atoms with Gasteiger partial charge in [0.1, 0.15) is 5.75 Å². The minimum Gasteiger partial charge on any atom is -0.497 e. The predicted octanol–water partition coefficient (Wildman–Crippen LogP) is 4.20. The number of ether oxygens (including phenoxy) is 1. The molecule has 5 heteroatoms. The summed E-state index contributed by atoms with van der Waals surface area (Å²) in [6, 6.07) is 13.2. The second kappa shape index (κ2) is 7.12. The van der Waals surface area contributed by atoms with E-state index in [9.17, 15) is 4.79 Å². The third kappa shape index (κ3) is 3.55. The van der Waals surface area contributed by atoms with Crippen molar-refractivity contribution in [3.8, 4) is 5.75 Å². The molecule has 0 amide bonds. The quantitative estimate of drug-likeness (QED) is 0.424. The fraction of sp³-hybridized carbons (Fsp3) is 0.222. The van der Waals surface area contributed by atoms with Gasteiger partial charge in [0.05, 0.1) is 18.4 Å². The Kier molecular flexibility index (Phi) is 4.95. The van der Waals surface area contributed by atoms with Gasteiger partial charge in [0.15, 0.2) is 0 Å². The average molecular weight is 421 g/mol. The molecule has 0 aliphatic heterocycles. The Morgan fingerprint density at radius 3 is 2.78 bits per heavy atom. The van der Waals surface area contributed by atoms with E-state index >= 15 is 0 Å². The van der Waals surface area contributed by atoms with Crippen LogP contribution in [0.25, 0.3) is 0 Å². The lowest BCUT2D eigenvalue weighted by Gasteiger charge is -2.18. The van der Waals surface area contributed by atoms with E-state index in [-0.39, 0.29) is 0 Å². The van der Waals surface area contributed by atoms with E-state index in [1.807, 2.05) is 36.4 Å². The molecule has 118 valence electrons. The molecule has 0 spiro atoms. The fourth-order valence-electron chi connectivity index (χ4n) is 2.63. The number of carbonyl (C=O) groups excluding carboxylic acids is 1. The molecule has 1 aliphatic carbocycles. The Morgan fingerprint density at radius 1 is 1.17 bits per heavy atom. The molecule has 0 saturated heterocycles. The van der Waals surface area contributed by atoms with E-state index in [0.29, 0.717) is 5.56 Å². The van der Waals surface area contributed by atoms with Gasteiger partial charge in [-0.2, -0.15) is 0 Å². The summed E-state index contributed by atoms with van der Waals surface area (Å²) in [5, 5.41) is 4.12. The van der Waals surface area contributed by atoms with Crippen LogP contribution in [-0.2, 0) is 11.3 Å². The molecule has 0 aromatic heterocycles. The number of rotatable bonds is 3. The maximum Gasteiger partial charge on any atom is 0.366 e. The molecule has 4 nitrogen and oxygen atoms in total. The first-order chi connectivity index (χ1) is 11.2. The van der Waals surface area contributed by atoms with Crippen LogP contribution in [0.5, 0.6) is 5.75 Å². The number of benzene rings is 2. The molecule has 0 heterocycles. The van der Waals surface area contributed by atoms with Gasteiger partial charge in [-0.05, 0) is 77.7 Å². The Morgan fingerprint density at radius 2 is 2.00 bits per heavy atom. The number of hydrogen-bond donors (Lipinski definition) is 0. The summed E-state index contributed by atoms with van der Waals surface area (Å²) in [4.78, 5) is 17.3. The van der Waals surface area contributed by atoms with Gasteiger partial charge >= 0.3 is 5.97 Å². The normalized spacial score (nSPS) is 15.1. The van der Waals surface area contributed by atoms with Gasteiger partial charge in [-0.1, -0.05) is 17.3 Å². The average Bonchev–Trinajstić information content (AvgIpc) is 2.59. The molecule has 0 atom stereocenters. The highest BCUT2D eigenvalue weighted by Gasteiger charge is 2.18. The molecule has 0 fully saturated rings. The molecule has 2 aromatic carbocycles. The second-order valence-corrected chi connectivity index (χ2v) is 6.44. The molecule has 3 rings (SSSR count). The zero-order valence-corrected chi connectivity index (χ0v) is 14.9. The zero-order chi connectivity index (χ0) is 16.2.